The highest BCUT2D eigenvalue weighted by atomic mass is 16.5. The molecule has 1 unspecified atom stereocenters. The van der Waals surface area contributed by atoms with Crippen molar-refractivity contribution in [2.24, 2.45) is 0 Å². The highest BCUT2D eigenvalue weighted by molar-refractivity contribution is 4.66. The number of rotatable bonds is 7. The molecule has 0 saturated carbocycles. The largest absolute Gasteiger partial charge is 0.391 e. The summed E-state index contributed by atoms with van der Waals surface area (Å²) < 4.78 is 10.5. The van der Waals surface area contributed by atoms with Gasteiger partial charge in [-0.25, -0.2) is 0 Å². The lowest BCUT2D eigenvalue weighted by molar-refractivity contribution is -0.0248. The van der Waals surface area contributed by atoms with Crippen molar-refractivity contribution in [2.45, 2.75) is 45.3 Å². The topological polar surface area (TPSA) is 38.7 Å². The molecule has 0 radical (unpaired) electrons. The van der Waals surface area contributed by atoms with Crippen LogP contribution >= 0.6 is 0 Å². The molecule has 80 valence electrons. The molecule has 0 spiro atoms. The minimum absolute atomic E-state index is 0.128. The third-order valence-electron chi connectivity index (χ3n) is 2.18. The molecular formula is C10H22O3. The monoisotopic (exact) mass is 190 g/mol. The summed E-state index contributed by atoms with van der Waals surface area (Å²) in [6, 6.07) is 0. The Morgan fingerprint density at radius 3 is 2.46 bits per heavy atom. The normalized spacial score (nSPS) is 14.5. The summed E-state index contributed by atoms with van der Waals surface area (Å²) in [6.45, 7) is 7.04. The minimum Gasteiger partial charge on any atom is -0.391 e. The summed E-state index contributed by atoms with van der Waals surface area (Å²) in [5, 5.41) is 9.19. The number of ether oxygens (including phenoxy) is 2. The van der Waals surface area contributed by atoms with Gasteiger partial charge >= 0.3 is 0 Å². The van der Waals surface area contributed by atoms with E-state index in [1.54, 1.807) is 7.11 Å². The lowest BCUT2D eigenvalue weighted by Gasteiger charge is -2.22. The molecule has 3 heteroatoms. The van der Waals surface area contributed by atoms with Gasteiger partial charge in [0, 0.05) is 13.7 Å². The molecule has 1 atom stereocenters. The van der Waals surface area contributed by atoms with Crippen LogP contribution in [0.1, 0.15) is 33.6 Å². The van der Waals surface area contributed by atoms with Gasteiger partial charge in [0.15, 0.2) is 0 Å². The summed E-state index contributed by atoms with van der Waals surface area (Å²) in [6.07, 6.45) is 1.26. The Kier molecular flexibility index (Phi) is 6.29. The second kappa shape index (κ2) is 6.35. The summed E-state index contributed by atoms with van der Waals surface area (Å²) >= 11 is 0. The van der Waals surface area contributed by atoms with E-state index in [0.29, 0.717) is 13.2 Å². The molecule has 0 fully saturated rings. The first-order chi connectivity index (χ1) is 6.02. The van der Waals surface area contributed by atoms with Crippen molar-refractivity contribution in [3.63, 3.8) is 0 Å². The van der Waals surface area contributed by atoms with Crippen LogP contribution in [0, 0.1) is 0 Å². The number of aliphatic hydroxyl groups is 1. The molecule has 0 saturated heterocycles. The molecule has 0 aliphatic heterocycles. The summed E-state index contributed by atoms with van der Waals surface area (Å²) in [5.74, 6) is 0. The highest BCUT2D eigenvalue weighted by Gasteiger charge is 2.15. The van der Waals surface area contributed by atoms with Crippen molar-refractivity contribution in [1.82, 2.24) is 0 Å². The Bertz CT molecular complexity index is 123. The van der Waals surface area contributed by atoms with E-state index in [-0.39, 0.29) is 11.7 Å². The maximum atomic E-state index is 9.19. The van der Waals surface area contributed by atoms with Gasteiger partial charge in [-0.2, -0.15) is 0 Å². The first-order valence-electron chi connectivity index (χ1n) is 4.83. The predicted molar refractivity (Wildman–Crippen MR) is 52.8 cm³/mol. The van der Waals surface area contributed by atoms with Crippen LogP contribution < -0.4 is 0 Å². The maximum Gasteiger partial charge on any atom is 0.0771 e. The van der Waals surface area contributed by atoms with Crippen LogP contribution in [0.4, 0.5) is 0 Å². The van der Waals surface area contributed by atoms with Crippen LogP contribution in [0.25, 0.3) is 0 Å². The zero-order chi connectivity index (χ0) is 10.3. The van der Waals surface area contributed by atoms with E-state index < -0.39 is 0 Å². The molecule has 13 heavy (non-hydrogen) atoms. The van der Waals surface area contributed by atoms with Crippen molar-refractivity contribution in [3.05, 3.63) is 0 Å². The maximum absolute atomic E-state index is 9.19. The van der Waals surface area contributed by atoms with E-state index in [1.165, 1.54) is 0 Å². The van der Waals surface area contributed by atoms with Gasteiger partial charge < -0.3 is 14.6 Å². The van der Waals surface area contributed by atoms with Crippen molar-refractivity contribution in [1.29, 1.82) is 0 Å². The molecule has 0 amide bonds. The fourth-order valence-corrected chi connectivity index (χ4v) is 0.757. The van der Waals surface area contributed by atoms with Gasteiger partial charge in [-0.1, -0.05) is 6.92 Å². The molecule has 0 rings (SSSR count). The average Bonchev–Trinajstić information content (AvgIpc) is 2.12. The predicted octanol–water partition coefficient (Wildman–Crippen LogP) is 1.59. The fraction of sp³-hybridized carbons (Fsp3) is 1.00. The molecule has 0 heterocycles. The van der Waals surface area contributed by atoms with E-state index in [0.717, 1.165) is 12.8 Å². The van der Waals surface area contributed by atoms with E-state index in [4.69, 9.17) is 9.47 Å². The molecular weight excluding hydrogens is 168 g/mol. The van der Waals surface area contributed by atoms with E-state index in [9.17, 15) is 5.11 Å². The van der Waals surface area contributed by atoms with Gasteiger partial charge in [0.05, 0.1) is 18.3 Å². The summed E-state index contributed by atoms with van der Waals surface area (Å²) in [5.41, 5.74) is -0.128. The zero-order valence-corrected chi connectivity index (χ0v) is 9.17. The van der Waals surface area contributed by atoms with Crippen LogP contribution in [0.5, 0.6) is 0 Å². The average molecular weight is 190 g/mol. The molecule has 3 nitrogen and oxygen atoms in total. The third kappa shape index (κ3) is 6.99. The SMILES string of the molecule is CCC(O)COCCC(C)(C)OC. The first-order valence-corrected chi connectivity index (χ1v) is 4.83. The smallest absolute Gasteiger partial charge is 0.0771 e. The fourth-order valence-electron chi connectivity index (χ4n) is 0.757. The van der Waals surface area contributed by atoms with Crippen molar-refractivity contribution < 1.29 is 14.6 Å². The first kappa shape index (κ1) is 12.9. The van der Waals surface area contributed by atoms with Gasteiger partial charge in [0.2, 0.25) is 0 Å². The van der Waals surface area contributed by atoms with Gasteiger partial charge in [-0.3, -0.25) is 0 Å². The standard InChI is InChI=1S/C10H22O3/c1-5-9(11)8-13-7-6-10(2,3)12-4/h9,11H,5-8H2,1-4H3. The lowest BCUT2D eigenvalue weighted by atomic mass is 10.1. The third-order valence-corrected chi connectivity index (χ3v) is 2.18. The Morgan fingerprint density at radius 2 is 2.00 bits per heavy atom. The Balaban J connectivity index is 3.35. The van der Waals surface area contributed by atoms with Gasteiger partial charge in [0.1, 0.15) is 0 Å². The summed E-state index contributed by atoms with van der Waals surface area (Å²) in [4.78, 5) is 0. The van der Waals surface area contributed by atoms with Crippen molar-refractivity contribution in [3.8, 4) is 0 Å². The van der Waals surface area contributed by atoms with Crippen LogP contribution in [-0.4, -0.2) is 37.1 Å². The van der Waals surface area contributed by atoms with Crippen LogP contribution in [0.3, 0.4) is 0 Å². The molecule has 0 bridgehead atoms. The molecule has 0 aliphatic carbocycles. The van der Waals surface area contributed by atoms with E-state index in [2.05, 4.69) is 0 Å². The number of aliphatic hydroxyl groups excluding tert-OH is 1. The second-order valence-corrected chi connectivity index (χ2v) is 3.85. The van der Waals surface area contributed by atoms with Crippen LogP contribution in [-0.2, 0) is 9.47 Å². The Labute approximate surface area is 81.0 Å². The van der Waals surface area contributed by atoms with Crippen molar-refractivity contribution in [2.75, 3.05) is 20.3 Å². The number of hydrogen-bond donors (Lipinski definition) is 1. The minimum atomic E-state index is -0.328. The summed E-state index contributed by atoms with van der Waals surface area (Å²) in [7, 11) is 1.70. The highest BCUT2D eigenvalue weighted by Crippen LogP contribution is 2.12. The quantitative estimate of drug-likeness (QED) is 0.620. The van der Waals surface area contributed by atoms with Gasteiger partial charge in [-0.15, -0.1) is 0 Å². The molecule has 0 aliphatic rings. The molecule has 1 N–H and O–H groups in total. The van der Waals surface area contributed by atoms with E-state index >= 15 is 0 Å². The Hall–Kier alpha value is -0.120. The Morgan fingerprint density at radius 1 is 1.38 bits per heavy atom. The molecule has 0 aromatic heterocycles. The van der Waals surface area contributed by atoms with Gasteiger partial charge in [0.25, 0.3) is 0 Å². The zero-order valence-electron chi connectivity index (χ0n) is 9.17. The number of methoxy groups -OCH3 is 1. The van der Waals surface area contributed by atoms with Crippen LogP contribution in [0.2, 0.25) is 0 Å². The van der Waals surface area contributed by atoms with E-state index in [1.807, 2.05) is 20.8 Å². The van der Waals surface area contributed by atoms with Crippen molar-refractivity contribution >= 4 is 0 Å². The van der Waals surface area contributed by atoms with Crippen LogP contribution in [0.15, 0.2) is 0 Å². The number of hydrogen-bond acceptors (Lipinski definition) is 3. The molecule has 0 aromatic carbocycles. The molecule has 0 aromatic rings. The lowest BCUT2D eigenvalue weighted by Crippen LogP contribution is -2.25. The van der Waals surface area contributed by atoms with Gasteiger partial charge in [-0.05, 0) is 26.7 Å². The second-order valence-electron chi connectivity index (χ2n) is 3.85.